The largest absolute Gasteiger partial charge is 0.352 e. The lowest BCUT2D eigenvalue weighted by atomic mass is 9.91. The predicted octanol–water partition coefficient (Wildman–Crippen LogP) is 4.58. The topological polar surface area (TPSA) is 118 Å². The van der Waals surface area contributed by atoms with Crippen LogP contribution < -0.4 is 16.0 Å². The van der Waals surface area contributed by atoms with Crippen LogP contribution in [0.15, 0.2) is 71.9 Å². The van der Waals surface area contributed by atoms with Crippen molar-refractivity contribution < 1.29 is 13.2 Å². The molecule has 3 N–H and O–H groups in total. The van der Waals surface area contributed by atoms with Crippen LogP contribution in [0, 0.1) is 0 Å². The Morgan fingerprint density at radius 1 is 1.00 bits per heavy atom. The average Bonchev–Trinajstić information content (AvgIpc) is 3.64. The van der Waals surface area contributed by atoms with E-state index in [-0.39, 0.29) is 28.9 Å². The molecule has 1 saturated heterocycles. The zero-order chi connectivity index (χ0) is 27.7. The summed E-state index contributed by atoms with van der Waals surface area (Å²) >= 11 is 6.59. The molecule has 2 fully saturated rings. The predicted molar refractivity (Wildman–Crippen MR) is 156 cm³/mol. The standard InChI is InChI=1S/C29H31ClN6O3S/c30-24-17-32-29(34-20-9-6-8-19(16-20)33-28(37)25-13-7-15-31-25)35-27(24)23-18-36(26-14-5-4-12-22(23)26)40(38,39)21-10-2-1-3-11-21/h1-5,10-12,14,17-20,25,31H,6-9,13,15-16H2,(H,33,37)(H,32,34,35)/t19-,20+,25-/m0/s1. The summed E-state index contributed by atoms with van der Waals surface area (Å²) in [5.74, 6) is 0.492. The highest BCUT2D eigenvalue weighted by molar-refractivity contribution is 7.90. The van der Waals surface area contributed by atoms with Crippen molar-refractivity contribution in [3.8, 4) is 11.3 Å². The number of anilines is 1. The molecular formula is C29H31ClN6O3S. The first-order chi connectivity index (χ1) is 19.4. The maximum absolute atomic E-state index is 13.5. The van der Waals surface area contributed by atoms with Crippen LogP contribution in [0.3, 0.4) is 0 Å². The van der Waals surface area contributed by atoms with Crippen molar-refractivity contribution in [2.75, 3.05) is 11.9 Å². The summed E-state index contributed by atoms with van der Waals surface area (Å²) < 4.78 is 28.4. The van der Waals surface area contributed by atoms with E-state index in [0.717, 1.165) is 50.5 Å². The number of carbonyl (C=O) groups excluding carboxylic acids is 1. The second-order valence-corrected chi connectivity index (χ2v) is 12.6. The van der Waals surface area contributed by atoms with E-state index in [2.05, 4.69) is 20.9 Å². The average molecular weight is 579 g/mol. The van der Waals surface area contributed by atoms with Crippen molar-refractivity contribution in [2.24, 2.45) is 0 Å². The third-order valence-electron chi connectivity index (χ3n) is 7.71. The molecule has 0 unspecified atom stereocenters. The minimum absolute atomic E-state index is 0.0787. The maximum atomic E-state index is 13.5. The van der Waals surface area contributed by atoms with E-state index in [1.165, 1.54) is 10.2 Å². The maximum Gasteiger partial charge on any atom is 0.268 e. The Morgan fingerprint density at radius 3 is 2.58 bits per heavy atom. The smallest absolute Gasteiger partial charge is 0.268 e. The minimum atomic E-state index is -3.85. The fourth-order valence-electron chi connectivity index (χ4n) is 5.71. The summed E-state index contributed by atoms with van der Waals surface area (Å²) in [6, 6.07) is 15.7. The molecule has 0 spiro atoms. The zero-order valence-electron chi connectivity index (χ0n) is 21.9. The van der Waals surface area contributed by atoms with Gasteiger partial charge in [-0.2, -0.15) is 0 Å². The van der Waals surface area contributed by atoms with Gasteiger partial charge in [-0.15, -0.1) is 0 Å². The lowest BCUT2D eigenvalue weighted by Gasteiger charge is -2.31. The van der Waals surface area contributed by atoms with Gasteiger partial charge in [-0.25, -0.2) is 22.4 Å². The van der Waals surface area contributed by atoms with E-state index >= 15 is 0 Å². The molecular weight excluding hydrogens is 548 g/mol. The number of aromatic nitrogens is 3. The summed E-state index contributed by atoms with van der Waals surface area (Å²) in [5, 5.41) is 10.9. The van der Waals surface area contributed by atoms with E-state index < -0.39 is 10.0 Å². The van der Waals surface area contributed by atoms with E-state index in [1.54, 1.807) is 48.7 Å². The van der Waals surface area contributed by atoms with E-state index in [1.807, 2.05) is 12.1 Å². The van der Waals surface area contributed by atoms with Crippen molar-refractivity contribution in [3.63, 3.8) is 0 Å². The van der Waals surface area contributed by atoms with Crippen molar-refractivity contribution in [1.29, 1.82) is 0 Å². The minimum Gasteiger partial charge on any atom is -0.352 e. The molecule has 2 aliphatic rings. The monoisotopic (exact) mass is 578 g/mol. The van der Waals surface area contributed by atoms with E-state index in [4.69, 9.17) is 16.6 Å². The summed E-state index contributed by atoms with van der Waals surface area (Å²) in [6.07, 6.45) is 8.65. The second-order valence-electron chi connectivity index (χ2n) is 10.4. The number of amides is 1. The Bertz CT molecular complexity index is 1640. The number of para-hydroxylation sites is 1. The summed E-state index contributed by atoms with van der Waals surface area (Å²) in [7, 11) is -3.85. The van der Waals surface area contributed by atoms with Gasteiger partial charge >= 0.3 is 0 Å². The second kappa shape index (κ2) is 11.2. The van der Waals surface area contributed by atoms with E-state index in [9.17, 15) is 13.2 Å². The number of hydrogen-bond acceptors (Lipinski definition) is 7. The molecule has 1 saturated carbocycles. The highest BCUT2D eigenvalue weighted by Gasteiger charge is 2.28. The van der Waals surface area contributed by atoms with Gasteiger partial charge in [0.1, 0.15) is 0 Å². The van der Waals surface area contributed by atoms with Gasteiger partial charge in [-0.3, -0.25) is 4.79 Å². The SMILES string of the molecule is O=C(N[C@H]1CCC[C@@H](Nc2ncc(Cl)c(-c3cn(S(=O)(=O)c4ccccc4)c4ccccc34)n2)C1)[C@@H]1CCCN1. The molecule has 3 atom stereocenters. The molecule has 1 amide bonds. The molecule has 40 heavy (non-hydrogen) atoms. The van der Waals surface area contributed by atoms with Gasteiger partial charge in [0, 0.05) is 29.2 Å². The molecule has 0 bridgehead atoms. The Morgan fingerprint density at radius 2 is 1.77 bits per heavy atom. The highest BCUT2D eigenvalue weighted by Crippen LogP contribution is 2.36. The zero-order valence-corrected chi connectivity index (χ0v) is 23.5. The molecule has 3 heterocycles. The van der Waals surface area contributed by atoms with Gasteiger partial charge in [0.15, 0.2) is 0 Å². The molecule has 4 aromatic rings. The quantitative estimate of drug-likeness (QED) is 0.294. The van der Waals surface area contributed by atoms with Crippen LogP contribution in [-0.2, 0) is 14.8 Å². The molecule has 2 aromatic carbocycles. The van der Waals surface area contributed by atoms with Gasteiger partial charge < -0.3 is 16.0 Å². The molecule has 1 aliphatic carbocycles. The first kappa shape index (κ1) is 26.7. The van der Waals surface area contributed by atoms with Crippen LogP contribution in [0.2, 0.25) is 5.02 Å². The van der Waals surface area contributed by atoms with Crippen LogP contribution in [0.25, 0.3) is 22.2 Å². The van der Waals surface area contributed by atoms with Crippen LogP contribution >= 0.6 is 11.6 Å². The van der Waals surface area contributed by atoms with Gasteiger partial charge in [-0.05, 0) is 63.3 Å². The number of halogens is 1. The van der Waals surface area contributed by atoms with Gasteiger partial charge in [-0.1, -0.05) is 48.0 Å². The summed E-state index contributed by atoms with van der Waals surface area (Å²) in [4.78, 5) is 22.0. The normalized spacial score (nSPS) is 21.4. The summed E-state index contributed by atoms with van der Waals surface area (Å²) in [5.41, 5.74) is 1.59. The first-order valence-corrected chi connectivity index (χ1v) is 15.5. The third-order valence-corrected chi connectivity index (χ3v) is 9.67. The number of fused-ring (bicyclic) bond motifs is 1. The van der Waals surface area contributed by atoms with Gasteiger partial charge in [0.2, 0.25) is 11.9 Å². The van der Waals surface area contributed by atoms with Crippen molar-refractivity contribution >= 4 is 44.4 Å². The lowest BCUT2D eigenvalue weighted by Crippen LogP contribution is -2.48. The Balaban J connectivity index is 1.27. The molecule has 2 aromatic heterocycles. The fourth-order valence-corrected chi connectivity index (χ4v) is 7.30. The first-order valence-electron chi connectivity index (χ1n) is 13.6. The molecule has 0 radical (unpaired) electrons. The number of nitrogens with zero attached hydrogens (tertiary/aromatic N) is 3. The molecule has 1 aliphatic heterocycles. The lowest BCUT2D eigenvalue weighted by molar-refractivity contribution is -0.123. The Hall–Kier alpha value is -3.47. The van der Waals surface area contributed by atoms with Crippen molar-refractivity contribution in [2.45, 2.75) is 61.5 Å². The van der Waals surface area contributed by atoms with Gasteiger partial charge in [0.05, 0.1) is 33.4 Å². The molecule has 208 valence electrons. The van der Waals surface area contributed by atoms with Gasteiger partial charge in [0.25, 0.3) is 10.0 Å². The summed E-state index contributed by atoms with van der Waals surface area (Å²) in [6.45, 7) is 0.889. The number of rotatable bonds is 7. The van der Waals surface area contributed by atoms with Crippen LogP contribution in [0.5, 0.6) is 0 Å². The number of benzene rings is 2. The highest BCUT2D eigenvalue weighted by atomic mass is 35.5. The van der Waals surface area contributed by atoms with Crippen LogP contribution in [0.1, 0.15) is 38.5 Å². The Labute approximate surface area is 238 Å². The van der Waals surface area contributed by atoms with Crippen molar-refractivity contribution in [1.82, 2.24) is 24.6 Å². The third kappa shape index (κ3) is 5.31. The molecule has 9 nitrogen and oxygen atoms in total. The number of hydrogen-bond donors (Lipinski definition) is 3. The number of nitrogens with one attached hydrogen (secondary N) is 3. The van der Waals surface area contributed by atoms with Crippen LogP contribution in [0.4, 0.5) is 5.95 Å². The van der Waals surface area contributed by atoms with Crippen molar-refractivity contribution in [3.05, 3.63) is 72.0 Å². The number of carbonyl (C=O) groups is 1. The van der Waals surface area contributed by atoms with E-state index in [0.29, 0.717) is 27.7 Å². The fraction of sp³-hybridized carbons (Fsp3) is 0.345. The molecule has 6 rings (SSSR count). The molecule has 11 heteroatoms. The van der Waals surface area contributed by atoms with Crippen LogP contribution in [-0.4, -0.2) is 52.9 Å². The Kier molecular flexibility index (Phi) is 7.48.